The van der Waals surface area contributed by atoms with Crippen molar-refractivity contribution in [3.8, 4) is 17.2 Å². The Labute approximate surface area is 136 Å². The zero-order valence-electron chi connectivity index (χ0n) is 13.7. The van der Waals surface area contributed by atoms with Gasteiger partial charge in [-0.2, -0.15) is 0 Å². The smallest absolute Gasteiger partial charge is 0.124 e. The summed E-state index contributed by atoms with van der Waals surface area (Å²) in [6.07, 6.45) is -0.682. The van der Waals surface area contributed by atoms with Crippen LogP contribution in [-0.2, 0) is 6.54 Å². The van der Waals surface area contributed by atoms with Crippen LogP contribution in [0.25, 0.3) is 0 Å². The first kappa shape index (κ1) is 17.1. The lowest BCUT2D eigenvalue weighted by Crippen LogP contribution is -2.21. The molecule has 5 heteroatoms. The Hall–Kier alpha value is -2.24. The maximum atomic E-state index is 10.4. The van der Waals surface area contributed by atoms with Crippen molar-refractivity contribution in [3.63, 3.8) is 0 Å². The van der Waals surface area contributed by atoms with Gasteiger partial charge in [0, 0.05) is 18.7 Å². The first-order valence-electron chi connectivity index (χ1n) is 7.41. The monoisotopic (exact) mass is 317 g/mol. The molecule has 23 heavy (non-hydrogen) atoms. The van der Waals surface area contributed by atoms with E-state index < -0.39 is 6.10 Å². The molecule has 0 aliphatic heterocycles. The van der Waals surface area contributed by atoms with Crippen LogP contribution in [0.3, 0.4) is 0 Å². The number of aliphatic hydroxyl groups is 1. The molecule has 0 fully saturated rings. The summed E-state index contributed by atoms with van der Waals surface area (Å²) in [5.41, 5.74) is 1.82. The second-order valence-corrected chi connectivity index (χ2v) is 5.10. The van der Waals surface area contributed by atoms with Gasteiger partial charge in [-0.15, -0.1) is 0 Å². The number of ether oxygens (including phenoxy) is 3. The van der Waals surface area contributed by atoms with Gasteiger partial charge in [-0.3, -0.25) is 0 Å². The van der Waals surface area contributed by atoms with Gasteiger partial charge in [0.2, 0.25) is 0 Å². The highest BCUT2D eigenvalue weighted by atomic mass is 16.5. The summed E-state index contributed by atoms with van der Waals surface area (Å²) in [6, 6.07) is 13.2. The summed E-state index contributed by atoms with van der Waals surface area (Å²) >= 11 is 0. The third kappa shape index (κ3) is 4.61. The van der Waals surface area contributed by atoms with Crippen LogP contribution in [-0.4, -0.2) is 33.0 Å². The van der Waals surface area contributed by atoms with Crippen molar-refractivity contribution < 1.29 is 19.3 Å². The molecule has 0 saturated heterocycles. The van der Waals surface area contributed by atoms with E-state index in [2.05, 4.69) is 5.32 Å². The van der Waals surface area contributed by atoms with Gasteiger partial charge < -0.3 is 24.6 Å². The predicted molar refractivity (Wildman–Crippen MR) is 89.2 cm³/mol. The highest BCUT2D eigenvalue weighted by molar-refractivity contribution is 5.41. The molecule has 0 spiro atoms. The Morgan fingerprint density at radius 1 is 0.913 bits per heavy atom. The second kappa shape index (κ2) is 8.41. The van der Waals surface area contributed by atoms with Crippen LogP contribution in [0.1, 0.15) is 17.2 Å². The molecule has 0 aliphatic carbocycles. The van der Waals surface area contributed by atoms with E-state index in [1.54, 1.807) is 39.5 Å². The SMILES string of the molecule is COc1ccc(CNCC(O)c2cc(OC)ccc2OC)cc1. The molecule has 2 aromatic rings. The Morgan fingerprint density at radius 2 is 1.57 bits per heavy atom. The molecular formula is C18H23NO4. The number of aliphatic hydroxyl groups excluding tert-OH is 1. The van der Waals surface area contributed by atoms with Crippen molar-refractivity contribution >= 4 is 0 Å². The van der Waals surface area contributed by atoms with E-state index >= 15 is 0 Å². The van der Waals surface area contributed by atoms with Gasteiger partial charge in [0.25, 0.3) is 0 Å². The average Bonchev–Trinajstić information content (AvgIpc) is 2.61. The summed E-state index contributed by atoms with van der Waals surface area (Å²) in [5.74, 6) is 2.16. The van der Waals surface area contributed by atoms with Crippen molar-refractivity contribution in [1.82, 2.24) is 5.32 Å². The number of hydrogen-bond acceptors (Lipinski definition) is 5. The molecule has 0 heterocycles. The molecule has 0 amide bonds. The van der Waals surface area contributed by atoms with Crippen LogP contribution in [0.15, 0.2) is 42.5 Å². The maximum Gasteiger partial charge on any atom is 0.124 e. The third-order valence-corrected chi connectivity index (χ3v) is 3.62. The van der Waals surface area contributed by atoms with Gasteiger partial charge >= 0.3 is 0 Å². The molecule has 2 rings (SSSR count). The van der Waals surface area contributed by atoms with E-state index in [1.165, 1.54) is 0 Å². The highest BCUT2D eigenvalue weighted by Crippen LogP contribution is 2.29. The lowest BCUT2D eigenvalue weighted by molar-refractivity contribution is 0.169. The van der Waals surface area contributed by atoms with Crippen LogP contribution in [0, 0.1) is 0 Å². The topological polar surface area (TPSA) is 60.0 Å². The fourth-order valence-corrected chi connectivity index (χ4v) is 2.31. The van der Waals surface area contributed by atoms with Crippen molar-refractivity contribution in [2.24, 2.45) is 0 Å². The number of methoxy groups -OCH3 is 3. The molecule has 5 nitrogen and oxygen atoms in total. The van der Waals surface area contributed by atoms with Crippen LogP contribution in [0.5, 0.6) is 17.2 Å². The van der Waals surface area contributed by atoms with Crippen LogP contribution in [0.2, 0.25) is 0 Å². The lowest BCUT2D eigenvalue weighted by Gasteiger charge is -2.16. The van der Waals surface area contributed by atoms with Gasteiger partial charge in [0.1, 0.15) is 17.2 Å². The summed E-state index contributed by atoms with van der Waals surface area (Å²) in [5, 5.41) is 13.6. The minimum Gasteiger partial charge on any atom is -0.497 e. The van der Waals surface area contributed by atoms with Crippen LogP contribution in [0.4, 0.5) is 0 Å². The first-order valence-corrected chi connectivity index (χ1v) is 7.41. The Balaban J connectivity index is 1.94. The molecule has 2 aromatic carbocycles. The third-order valence-electron chi connectivity index (χ3n) is 3.62. The minimum atomic E-state index is -0.682. The van der Waals surface area contributed by atoms with Gasteiger partial charge in [-0.05, 0) is 35.9 Å². The molecule has 1 atom stereocenters. The molecule has 1 unspecified atom stereocenters. The number of hydrogen-bond donors (Lipinski definition) is 2. The van der Waals surface area contributed by atoms with Crippen molar-refractivity contribution in [2.75, 3.05) is 27.9 Å². The highest BCUT2D eigenvalue weighted by Gasteiger charge is 2.14. The molecule has 0 bridgehead atoms. The molecule has 0 saturated carbocycles. The average molecular weight is 317 g/mol. The molecule has 0 aromatic heterocycles. The van der Waals surface area contributed by atoms with E-state index in [-0.39, 0.29) is 0 Å². The van der Waals surface area contributed by atoms with E-state index in [9.17, 15) is 5.11 Å². The number of rotatable bonds is 8. The van der Waals surface area contributed by atoms with Gasteiger partial charge in [-0.25, -0.2) is 0 Å². The largest absolute Gasteiger partial charge is 0.497 e. The van der Waals surface area contributed by atoms with Crippen LogP contribution >= 0.6 is 0 Å². The normalized spacial score (nSPS) is 11.8. The van der Waals surface area contributed by atoms with Crippen molar-refractivity contribution in [1.29, 1.82) is 0 Å². The molecule has 0 aliphatic rings. The van der Waals surface area contributed by atoms with E-state index in [4.69, 9.17) is 14.2 Å². The Kier molecular flexibility index (Phi) is 6.26. The molecular weight excluding hydrogens is 294 g/mol. The zero-order valence-corrected chi connectivity index (χ0v) is 13.7. The molecule has 124 valence electrons. The standard InChI is InChI=1S/C18H23NO4/c1-21-14-6-4-13(5-7-14)11-19-12-17(20)16-10-15(22-2)8-9-18(16)23-3/h4-10,17,19-20H,11-12H2,1-3H3. The fraction of sp³-hybridized carbons (Fsp3) is 0.333. The second-order valence-electron chi connectivity index (χ2n) is 5.10. The number of nitrogens with one attached hydrogen (secondary N) is 1. The summed E-state index contributed by atoms with van der Waals surface area (Å²) in [7, 11) is 4.83. The van der Waals surface area contributed by atoms with E-state index in [1.807, 2.05) is 24.3 Å². The first-order chi connectivity index (χ1) is 11.2. The maximum absolute atomic E-state index is 10.4. The van der Waals surface area contributed by atoms with Gasteiger partial charge in [-0.1, -0.05) is 12.1 Å². The quantitative estimate of drug-likeness (QED) is 0.783. The van der Waals surface area contributed by atoms with Gasteiger partial charge in [0.15, 0.2) is 0 Å². The lowest BCUT2D eigenvalue weighted by atomic mass is 10.1. The minimum absolute atomic E-state index is 0.412. The van der Waals surface area contributed by atoms with E-state index in [0.29, 0.717) is 30.2 Å². The van der Waals surface area contributed by atoms with E-state index in [0.717, 1.165) is 11.3 Å². The molecule has 2 N–H and O–H groups in total. The van der Waals surface area contributed by atoms with Crippen molar-refractivity contribution in [3.05, 3.63) is 53.6 Å². The Bertz CT molecular complexity index is 613. The molecule has 0 radical (unpaired) electrons. The fourth-order valence-electron chi connectivity index (χ4n) is 2.31. The van der Waals surface area contributed by atoms with Crippen molar-refractivity contribution in [2.45, 2.75) is 12.6 Å². The Morgan fingerprint density at radius 3 is 2.17 bits per heavy atom. The summed E-state index contributed by atoms with van der Waals surface area (Å²) in [4.78, 5) is 0. The summed E-state index contributed by atoms with van der Waals surface area (Å²) in [6.45, 7) is 1.07. The van der Waals surface area contributed by atoms with Crippen LogP contribution < -0.4 is 19.5 Å². The predicted octanol–water partition coefficient (Wildman–Crippen LogP) is 2.54. The zero-order chi connectivity index (χ0) is 16.7. The summed E-state index contributed by atoms with van der Waals surface area (Å²) < 4.78 is 15.6. The van der Waals surface area contributed by atoms with Gasteiger partial charge in [0.05, 0.1) is 27.4 Å². The number of benzene rings is 2.